The third-order valence-corrected chi connectivity index (χ3v) is 6.64. The van der Waals surface area contributed by atoms with Crippen molar-refractivity contribution in [2.24, 2.45) is 0 Å². The molecule has 3 rings (SSSR count). The summed E-state index contributed by atoms with van der Waals surface area (Å²) in [6.07, 6.45) is 0. The molecule has 1 heterocycles. The Morgan fingerprint density at radius 1 is 1.11 bits per heavy atom. The van der Waals surface area contributed by atoms with Crippen molar-refractivity contribution in [3.63, 3.8) is 0 Å². The van der Waals surface area contributed by atoms with Gasteiger partial charge in [-0.2, -0.15) is 4.31 Å². The summed E-state index contributed by atoms with van der Waals surface area (Å²) in [5.41, 5.74) is 0.400. The molecule has 27 heavy (non-hydrogen) atoms. The number of benzene rings is 2. The fourth-order valence-corrected chi connectivity index (χ4v) is 4.77. The Morgan fingerprint density at radius 2 is 1.78 bits per heavy atom. The van der Waals surface area contributed by atoms with E-state index in [1.807, 2.05) is 4.90 Å². The molecule has 0 saturated carbocycles. The SMILES string of the molecule is O=[N+]([O-])c1ccccc1S(=O)(=O)N1CCN(Cc2ccc(F)c(Cl)c2)CC1. The van der Waals surface area contributed by atoms with Gasteiger partial charge in [0.2, 0.25) is 10.0 Å². The van der Waals surface area contributed by atoms with E-state index in [9.17, 15) is 22.9 Å². The molecule has 10 heteroatoms. The van der Waals surface area contributed by atoms with Gasteiger partial charge in [0.25, 0.3) is 5.69 Å². The lowest BCUT2D eigenvalue weighted by molar-refractivity contribution is -0.387. The largest absolute Gasteiger partial charge is 0.296 e. The molecule has 2 aromatic rings. The van der Waals surface area contributed by atoms with Gasteiger partial charge >= 0.3 is 0 Å². The minimum Gasteiger partial charge on any atom is -0.296 e. The number of para-hydroxylation sites is 1. The Balaban J connectivity index is 1.70. The zero-order valence-electron chi connectivity index (χ0n) is 14.2. The summed E-state index contributed by atoms with van der Waals surface area (Å²) in [5, 5.41) is 11.2. The molecule has 0 radical (unpaired) electrons. The second-order valence-electron chi connectivity index (χ2n) is 6.15. The molecule has 0 bridgehead atoms. The molecule has 1 saturated heterocycles. The van der Waals surface area contributed by atoms with Gasteiger partial charge in [-0.3, -0.25) is 15.0 Å². The van der Waals surface area contributed by atoms with Crippen LogP contribution in [0, 0.1) is 15.9 Å². The molecule has 0 N–H and O–H groups in total. The summed E-state index contributed by atoms with van der Waals surface area (Å²) in [5.74, 6) is -0.485. The van der Waals surface area contributed by atoms with E-state index in [0.29, 0.717) is 19.6 Å². The minimum absolute atomic E-state index is 0.0464. The first kappa shape index (κ1) is 19.7. The Labute approximate surface area is 161 Å². The number of rotatable bonds is 5. The Hall–Kier alpha value is -2.07. The number of nitro groups is 1. The molecule has 0 spiro atoms. The van der Waals surface area contributed by atoms with Crippen molar-refractivity contribution < 1.29 is 17.7 Å². The van der Waals surface area contributed by atoms with Crippen LogP contribution in [0.2, 0.25) is 5.02 Å². The van der Waals surface area contributed by atoms with E-state index in [-0.39, 0.29) is 23.0 Å². The molecule has 0 aromatic heterocycles. The second kappa shape index (κ2) is 7.89. The number of nitro benzene ring substituents is 1. The lowest BCUT2D eigenvalue weighted by Crippen LogP contribution is -2.48. The van der Waals surface area contributed by atoms with E-state index >= 15 is 0 Å². The van der Waals surface area contributed by atoms with Gasteiger partial charge in [-0.15, -0.1) is 0 Å². The molecule has 0 amide bonds. The zero-order chi connectivity index (χ0) is 19.6. The lowest BCUT2D eigenvalue weighted by Gasteiger charge is -2.33. The predicted molar refractivity (Wildman–Crippen MR) is 98.5 cm³/mol. The summed E-state index contributed by atoms with van der Waals surface area (Å²) < 4.78 is 40.1. The van der Waals surface area contributed by atoms with Gasteiger partial charge in [-0.1, -0.05) is 29.8 Å². The van der Waals surface area contributed by atoms with Crippen LogP contribution in [0.25, 0.3) is 0 Å². The maximum atomic E-state index is 13.2. The van der Waals surface area contributed by atoms with Crippen LogP contribution in [-0.4, -0.2) is 48.7 Å². The molecule has 1 aliphatic heterocycles. The van der Waals surface area contributed by atoms with Crippen LogP contribution in [0.15, 0.2) is 47.4 Å². The van der Waals surface area contributed by atoms with Crippen molar-refractivity contribution in [3.05, 3.63) is 69.0 Å². The van der Waals surface area contributed by atoms with E-state index in [1.54, 1.807) is 12.1 Å². The van der Waals surface area contributed by atoms with Crippen LogP contribution in [0.5, 0.6) is 0 Å². The maximum Gasteiger partial charge on any atom is 0.289 e. The van der Waals surface area contributed by atoms with Gasteiger partial charge < -0.3 is 0 Å². The highest BCUT2D eigenvalue weighted by Crippen LogP contribution is 2.27. The van der Waals surface area contributed by atoms with Crippen molar-refractivity contribution in [1.82, 2.24) is 9.21 Å². The second-order valence-corrected chi connectivity index (χ2v) is 8.47. The Kier molecular flexibility index (Phi) is 5.75. The van der Waals surface area contributed by atoms with Crippen LogP contribution in [0.1, 0.15) is 5.56 Å². The molecule has 2 aromatic carbocycles. The van der Waals surface area contributed by atoms with Crippen LogP contribution < -0.4 is 0 Å². The molecule has 0 unspecified atom stereocenters. The fourth-order valence-electron chi connectivity index (χ4n) is 2.99. The monoisotopic (exact) mass is 413 g/mol. The van der Waals surface area contributed by atoms with Gasteiger partial charge in [0, 0.05) is 38.8 Å². The van der Waals surface area contributed by atoms with Gasteiger partial charge in [0.05, 0.1) is 9.95 Å². The third-order valence-electron chi connectivity index (χ3n) is 4.40. The highest BCUT2D eigenvalue weighted by atomic mass is 35.5. The Morgan fingerprint density at radius 3 is 2.41 bits per heavy atom. The first-order chi connectivity index (χ1) is 12.8. The van der Waals surface area contributed by atoms with Gasteiger partial charge in [0.15, 0.2) is 4.90 Å². The van der Waals surface area contributed by atoms with E-state index in [4.69, 9.17) is 11.6 Å². The standard InChI is InChI=1S/C17H17ClFN3O4S/c18-14-11-13(5-6-15(14)19)12-20-7-9-21(10-8-20)27(25,26)17-4-2-1-3-16(17)22(23)24/h1-6,11H,7-10,12H2. The Bertz CT molecular complexity index is 962. The summed E-state index contributed by atoms with van der Waals surface area (Å²) in [7, 11) is -3.95. The van der Waals surface area contributed by atoms with Crippen molar-refractivity contribution in [3.8, 4) is 0 Å². The van der Waals surface area contributed by atoms with Crippen molar-refractivity contribution in [1.29, 1.82) is 0 Å². The van der Waals surface area contributed by atoms with Crippen LogP contribution in [-0.2, 0) is 16.6 Å². The number of sulfonamides is 1. The molecule has 0 aliphatic carbocycles. The van der Waals surface area contributed by atoms with E-state index in [0.717, 1.165) is 5.56 Å². The highest BCUT2D eigenvalue weighted by molar-refractivity contribution is 7.89. The van der Waals surface area contributed by atoms with Gasteiger partial charge in [0.1, 0.15) is 5.82 Å². The topological polar surface area (TPSA) is 83.8 Å². The average Bonchev–Trinajstić information content (AvgIpc) is 2.65. The third kappa shape index (κ3) is 4.27. The average molecular weight is 414 g/mol. The smallest absolute Gasteiger partial charge is 0.289 e. The zero-order valence-corrected chi connectivity index (χ0v) is 15.8. The van der Waals surface area contributed by atoms with Crippen molar-refractivity contribution >= 4 is 27.3 Å². The number of piperazine rings is 1. The van der Waals surface area contributed by atoms with Crippen LogP contribution in [0.4, 0.5) is 10.1 Å². The molecule has 1 aliphatic rings. The van der Waals surface area contributed by atoms with Crippen LogP contribution in [0.3, 0.4) is 0 Å². The molecule has 7 nitrogen and oxygen atoms in total. The predicted octanol–water partition coefficient (Wildman–Crippen LogP) is 2.89. The molecule has 0 atom stereocenters. The number of halogens is 2. The molecular weight excluding hydrogens is 397 g/mol. The summed E-state index contributed by atoms with van der Waals surface area (Å²) in [6, 6.07) is 9.82. The van der Waals surface area contributed by atoms with E-state index in [2.05, 4.69) is 0 Å². The first-order valence-corrected chi connectivity index (χ1v) is 10.0. The molecular formula is C17H17ClFN3O4S. The number of hydrogen-bond acceptors (Lipinski definition) is 5. The molecule has 1 fully saturated rings. The number of hydrogen-bond donors (Lipinski definition) is 0. The highest BCUT2D eigenvalue weighted by Gasteiger charge is 2.33. The minimum atomic E-state index is -3.95. The maximum absolute atomic E-state index is 13.2. The summed E-state index contributed by atoms with van der Waals surface area (Å²) in [6.45, 7) is 1.84. The summed E-state index contributed by atoms with van der Waals surface area (Å²) in [4.78, 5) is 12.2. The van der Waals surface area contributed by atoms with Crippen LogP contribution >= 0.6 is 11.6 Å². The van der Waals surface area contributed by atoms with E-state index < -0.39 is 26.5 Å². The first-order valence-electron chi connectivity index (χ1n) is 8.19. The summed E-state index contributed by atoms with van der Waals surface area (Å²) >= 11 is 5.79. The fraction of sp³-hybridized carbons (Fsp3) is 0.294. The van der Waals surface area contributed by atoms with Crippen molar-refractivity contribution in [2.75, 3.05) is 26.2 Å². The lowest BCUT2D eigenvalue weighted by atomic mass is 10.2. The van der Waals surface area contributed by atoms with Crippen molar-refractivity contribution in [2.45, 2.75) is 11.4 Å². The van der Waals surface area contributed by atoms with Gasteiger partial charge in [-0.05, 0) is 23.8 Å². The van der Waals surface area contributed by atoms with Gasteiger partial charge in [-0.25, -0.2) is 12.8 Å². The molecule has 144 valence electrons. The number of nitrogens with zero attached hydrogens (tertiary/aromatic N) is 3. The van der Waals surface area contributed by atoms with E-state index in [1.165, 1.54) is 34.6 Å². The quantitative estimate of drug-likeness (QED) is 0.556. The normalized spacial score (nSPS) is 16.4.